The third-order valence-electron chi connectivity index (χ3n) is 9.97. The number of fused-ring (bicyclic) bond motifs is 9. The lowest BCUT2D eigenvalue weighted by atomic mass is 9.67. The summed E-state index contributed by atoms with van der Waals surface area (Å²) < 4.78 is 2.44. The summed E-state index contributed by atoms with van der Waals surface area (Å²) in [4.78, 5) is 5.29. The van der Waals surface area contributed by atoms with Crippen LogP contribution in [0.15, 0.2) is 164 Å². The fourth-order valence-electron chi connectivity index (χ4n) is 7.78. The van der Waals surface area contributed by atoms with Gasteiger partial charge in [0.25, 0.3) is 0 Å². The van der Waals surface area contributed by atoms with E-state index < -0.39 is 6.46 Å². The predicted molar refractivity (Wildman–Crippen MR) is 200 cm³/mol. The van der Waals surface area contributed by atoms with Gasteiger partial charge in [-0.15, -0.1) is 0 Å². The van der Waals surface area contributed by atoms with Crippen molar-refractivity contribution in [1.29, 1.82) is 0 Å². The molecule has 0 saturated carbocycles. The molecule has 4 heteroatoms. The molecule has 2 aliphatic rings. The molecule has 0 saturated heterocycles. The summed E-state index contributed by atoms with van der Waals surface area (Å²) in [7, 11) is 0. The number of imidazole rings is 1. The van der Waals surface area contributed by atoms with Crippen molar-refractivity contribution in [3.63, 3.8) is 0 Å². The fraction of sp³-hybridized carbons (Fsp3) is 0.0714. The standard InChI is InChI=1S/C42H32N2PS/c1-42-28-13-12-23-36(42)35-22-14-21-34(40(35)44-38-25-11-10-24-37(38)43-41(42)44)32-26-27-39(33-20-9-8-19-31(32)33)45(46,29-15-4-2-5-16-29)30-17-6-3-7-18-30/h2-28,36,46H,1H3/q+1. The van der Waals surface area contributed by atoms with Crippen LogP contribution in [0.4, 0.5) is 0 Å². The summed E-state index contributed by atoms with van der Waals surface area (Å²) in [6.07, 6.45) is 9.05. The third-order valence-corrected chi connectivity index (χ3v) is 15.2. The molecule has 1 aromatic heterocycles. The van der Waals surface area contributed by atoms with E-state index in [0.29, 0.717) is 0 Å². The van der Waals surface area contributed by atoms with Gasteiger partial charge >= 0.3 is 0 Å². The maximum atomic E-state index is 5.68. The van der Waals surface area contributed by atoms with Gasteiger partial charge in [-0.25, -0.2) is 4.98 Å². The Balaban J connectivity index is 1.34. The molecule has 9 rings (SSSR count). The van der Waals surface area contributed by atoms with E-state index >= 15 is 0 Å². The van der Waals surface area contributed by atoms with E-state index in [-0.39, 0.29) is 11.3 Å². The normalized spacial score (nSPS) is 18.3. The number of hydrogen-bond acceptors (Lipinski definition) is 2. The number of allylic oxidation sites excluding steroid dienone is 4. The van der Waals surface area contributed by atoms with Crippen molar-refractivity contribution in [2.75, 3.05) is 0 Å². The molecule has 2 nitrogen and oxygen atoms in total. The van der Waals surface area contributed by atoms with Crippen LogP contribution in [-0.4, -0.2) is 9.55 Å². The van der Waals surface area contributed by atoms with E-state index in [0.717, 1.165) is 16.9 Å². The van der Waals surface area contributed by atoms with E-state index in [1.165, 1.54) is 49.1 Å². The zero-order valence-electron chi connectivity index (χ0n) is 25.5. The molecule has 1 aliphatic heterocycles. The average Bonchev–Trinajstić information content (AvgIpc) is 3.52. The molecule has 7 aromatic rings. The van der Waals surface area contributed by atoms with Gasteiger partial charge in [-0.05, 0) is 72.0 Å². The maximum absolute atomic E-state index is 5.68. The first-order valence-electron chi connectivity index (χ1n) is 15.8. The van der Waals surface area contributed by atoms with Gasteiger partial charge in [0.1, 0.15) is 21.7 Å². The quantitative estimate of drug-likeness (QED) is 0.152. The van der Waals surface area contributed by atoms with Gasteiger partial charge in [0, 0.05) is 29.1 Å². The highest BCUT2D eigenvalue weighted by atomic mass is 32.7. The molecule has 46 heavy (non-hydrogen) atoms. The number of benzene rings is 6. The Morgan fingerprint density at radius 3 is 2.09 bits per heavy atom. The smallest absolute Gasteiger partial charge is 0.168 e. The van der Waals surface area contributed by atoms with Crippen LogP contribution in [0.3, 0.4) is 0 Å². The number of aromatic nitrogens is 2. The Morgan fingerprint density at radius 2 is 1.33 bits per heavy atom. The number of rotatable bonds is 4. The molecule has 0 N–H and O–H groups in total. The summed E-state index contributed by atoms with van der Waals surface area (Å²) in [6.45, 7) is 0.0835. The molecule has 0 radical (unpaired) electrons. The van der Waals surface area contributed by atoms with Crippen molar-refractivity contribution in [2.45, 2.75) is 18.3 Å². The van der Waals surface area contributed by atoms with Crippen molar-refractivity contribution in [3.8, 4) is 16.8 Å². The summed E-state index contributed by atoms with van der Waals surface area (Å²) >= 11 is 5.68. The summed E-state index contributed by atoms with van der Waals surface area (Å²) in [5.74, 6) is 1.28. The molecule has 0 bridgehead atoms. The Bertz CT molecular complexity index is 2320. The second-order valence-electron chi connectivity index (χ2n) is 12.5. The van der Waals surface area contributed by atoms with Gasteiger partial charge in [0.15, 0.2) is 6.46 Å². The minimum atomic E-state index is -2.25. The van der Waals surface area contributed by atoms with E-state index in [9.17, 15) is 0 Å². The Hall–Kier alpha value is -4.69. The lowest BCUT2D eigenvalue weighted by molar-refractivity contribution is 0.468. The lowest BCUT2D eigenvalue weighted by Crippen LogP contribution is -2.36. The fourth-order valence-corrected chi connectivity index (χ4v) is 12.0. The molecule has 0 fully saturated rings. The van der Waals surface area contributed by atoms with Crippen molar-refractivity contribution < 1.29 is 0 Å². The minimum absolute atomic E-state index is 0.189. The monoisotopic (exact) mass is 627 g/mol. The molecular formula is C42H32N2PS+. The van der Waals surface area contributed by atoms with Gasteiger partial charge < -0.3 is 0 Å². The van der Waals surface area contributed by atoms with Gasteiger partial charge in [0.2, 0.25) is 0 Å². The second-order valence-corrected chi connectivity index (χ2v) is 17.1. The highest BCUT2D eigenvalue weighted by Crippen LogP contribution is 2.61. The first-order chi connectivity index (χ1) is 22.6. The number of hydrogen-bond donors (Lipinski definition) is 1. The Kier molecular flexibility index (Phi) is 6.25. The van der Waals surface area contributed by atoms with Gasteiger partial charge in [-0.2, -0.15) is 0 Å². The minimum Gasteiger partial charge on any atom is -0.295 e. The Morgan fingerprint density at radius 1 is 0.652 bits per heavy atom. The SMILES string of the molecule is CC12C=CC=CC1c1cccc(-c3ccc([P+](S)(c4ccccc4)c4ccccc4)c4ccccc34)c1-n1c2nc2ccccc21. The lowest BCUT2D eigenvalue weighted by Gasteiger charge is -2.41. The highest BCUT2D eigenvalue weighted by molar-refractivity contribution is 8.61. The van der Waals surface area contributed by atoms with Gasteiger partial charge in [-0.3, -0.25) is 4.57 Å². The summed E-state index contributed by atoms with van der Waals surface area (Å²) in [5, 5.41) is 6.26. The summed E-state index contributed by atoms with van der Waals surface area (Å²) in [5.41, 5.74) is 6.92. The van der Waals surface area contributed by atoms with E-state index in [1.807, 2.05) is 0 Å². The van der Waals surface area contributed by atoms with Gasteiger partial charge in [0.05, 0.1) is 22.1 Å². The number of thiol groups is 1. The van der Waals surface area contributed by atoms with Crippen LogP contribution in [0.1, 0.15) is 24.2 Å². The molecule has 2 atom stereocenters. The third kappa shape index (κ3) is 3.86. The first-order valence-corrected chi connectivity index (χ1v) is 18.8. The highest BCUT2D eigenvalue weighted by Gasteiger charge is 2.46. The van der Waals surface area contributed by atoms with Crippen LogP contribution in [0.5, 0.6) is 0 Å². The van der Waals surface area contributed by atoms with Crippen LogP contribution in [-0.2, 0) is 5.41 Å². The molecule has 2 heterocycles. The van der Waals surface area contributed by atoms with Crippen molar-refractivity contribution in [1.82, 2.24) is 9.55 Å². The molecule has 2 unspecified atom stereocenters. The topological polar surface area (TPSA) is 17.8 Å². The zero-order chi connectivity index (χ0) is 30.9. The zero-order valence-corrected chi connectivity index (χ0v) is 27.2. The average molecular weight is 628 g/mol. The molecule has 220 valence electrons. The van der Waals surface area contributed by atoms with Crippen molar-refractivity contribution >= 4 is 56.4 Å². The molecule has 0 amide bonds. The molecule has 6 aromatic carbocycles. The second kappa shape index (κ2) is 10.4. The van der Waals surface area contributed by atoms with E-state index in [2.05, 4.69) is 175 Å². The van der Waals surface area contributed by atoms with Crippen LogP contribution < -0.4 is 15.9 Å². The van der Waals surface area contributed by atoms with Crippen LogP contribution in [0.25, 0.3) is 38.6 Å². The summed E-state index contributed by atoms with van der Waals surface area (Å²) in [6, 6.07) is 50.6. The molecule has 0 spiro atoms. The van der Waals surface area contributed by atoms with Crippen LogP contribution in [0.2, 0.25) is 0 Å². The van der Waals surface area contributed by atoms with Gasteiger partial charge in [-0.1, -0.05) is 115 Å². The van der Waals surface area contributed by atoms with Crippen LogP contribution >= 0.6 is 18.7 Å². The van der Waals surface area contributed by atoms with E-state index in [1.54, 1.807) is 0 Å². The van der Waals surface area contributed by atoms with Crippen LogP contribution in [0, 0.1) is 0 Å². The first kappa shape index (κ1) is 27.6. The van der Waals surface area contributed by atoms with Crippen molar-refractivity contribution in [3.05, 3.63) is 175 Å². The van der Waals surface area contributed by atoms with E-state index in [4.69, 9.17) is 17.2 Å². The Labute approximate surface area is 275 Å². The number of para-hydroxylation sites is 3. The van der Waals surface area contributed by atoms with Crippen molar-refractivity contribution in [2.24, 2.45) is 0 Å². The molecular weight excluding hydrogens is 596 g/mol. The maximum Gasteiger partial charge on any atom is 0.168 e. The largest absolute Gasteiger partial charge is 0.295 e. The predicted octanol–water partition coefficient (Wildman–Crippen LogP) is 9.47. The number of nitrogens with zero attached hydrogens (tertiary/aromatic N) is 2. The molecule has 1 aliphatic carbocycles.